The number of nitrogens with zero attached hydrogens (tertiary/aromatic N) is 3. The molecule has 0 aliphatic heterocycles. The number of aromatic nitrogens is 3. The van der Waals surface area contributed by atoms with Crippen LogP contribution in [0.5, 0.6) is 0 Å². The van der Waals surface area contributed by atoms with E-state index in [9.17, 15) is 4.79 Å². The summed E-state index contributed by atoms with van der Waals surface area (Å²) in [6, 6.07) is 0. The predicted octanol–water partition coefficient (Wildman–Crippen LogP) is 1.05. The van der Waals surface area contributed by atoms with E-state index >= 15 is 0 Å². The van der Waals surface area contributed by atoms with E-state index in [4.69, 9.17) is 4.74 Å². The average molecular weight is 260 g/mol. The molecule has 0 atom stereocenters. The fraction of sp³-hybridized carbons (Fsp3) is 0.308. The van der Waals surface area contributed by atoms with E-state index in [1.54, 1.807) is 23.1 Å². The normalized spacial score (nSPS) is 10.6. The van der Waals surface area contributed by atoms with Crippen LogP contribution in [0.2, 0.25) is 0 Å². The molecule has 6 nitrogen and oxygen atoms in total. The van der Waals surface area contributed by atoms with Crippen molar-refractivity contribution >= 4 is 11.4 Å². The zero-order valence-electron chi connectivity index (χ0n) is 10.8. The molecule has 0 bridgehead atoms. The second-order valence-electron chi connectivity index (χ2n) is 4.23. The topological polar surface area (TPSA) is 68.5 Å². The lowest BCUT2D eigenvalue weighted by Crippen LogP contribution is -2.27. The molecule has 1 N–H and O–H groups in total. The van der Waals surface area contributed by atoms with Crippen molar-refractivity contribution in [3.8, 4) is 0 Å². The molecule has 2 heterocycles. The van der Waals surface area contributed by atoms with Crippen LogP contribution in [0.1, 0.15) is 17.3 Å². The molecule has 2 aromatic rings. The number of carbonyl (C=O) groups excluding carboxylic acids is 1. The Bertz CT molecular complexity index is 591. The summed E-state index contributed by atoms with van der Waals surface area (Å²) in [5.41, 5.74) is 2.15. The van der Waals surface area contributed by atoms with Crippen LogP contribution in [0.15, 0.2) is 36.9 Å². The van der Waals surface area contributed by atoms with E-state index in [1.807, 2.05) is 6.92 Å². The second kappa shape index (κ2) is 6.10. The highest BCUT2D eigenvalue weighted by molar-refractivity contribution is 6.00. The summed E-state index contributed by atoms with van der Waals surface area (Å²) in [5, 5.41) is 6.86. The molecule has 0 spiro atoms. The van der Waals surface area contributed by atoms with Gasteiger partial charge in [-0.2, -0.15) is 5.10 Å². The third kappa shape index (κ3) is 3.38. The maximum Gasteiger partial charge on any atom is 0.255 e. The molecule has 0 aliphatic carbocycles. The van der Waals surface area contributed by atoms with E-state index in [1.165, 1.54) is 6.20 Å². The molecule has 0 saturated carbocycles. The minimum Gasteiger partial charge on any atom is -0.375 e. The molecule has 100 valence electrons. The number of fused-ring (bicyclic) bond motifs is 1. The Morgan fingerprint density at radius 2 is 2.37 bits per heavy atom. The van der Waals surface area contributed by atoms with E-state index in [2.05, 4.69) is 22.0 Å². The van der Waals surface area contributed by atoms with E-state index < -0.39 is 0 Å². The Kier molecular flexibility index (Phi) is 4.25. The zero-order chi connectivity index (χ0) is 13.7. The molecule has 0 aromatic carbocycles. The maximum absolute atomic E-state index is 12.0. The largest absolute Gasteiger partial charge is 0.375 e. The Morgan fingerprint density at radius 3 is 3.16 bits per heavy atom. The van der Waals surface area contributed by atoms with E-state index in [0.29, 0.717) is 30.8 Å². The molecular weight excluding hydrogens is 244 g/mol. The number of amides is 1. The molecule has 0 fully saturated rings. The van der Waals surface area contributed by atoms with Gasteiger partial charge in [0.25, 0.3) is 5.91 Å². The van der Waals surface area contributed by atoms with Crippen LogP contribution in [0.4, 0.5) is 0 Å². The van der Waals surface area contributed by atoms with Crippen molar-refractivity contribution in [1.82, 2.24) is 19.9 Å². The predicted molar refractivity (Wildman–Crippen MR) is 71.0 cm³/mol. The van der Waals surface area contributed by atoms with E-state index in [-0.39, 0.29) is 5.91 Å². The van der Waals surface area contributed by atoms with Gasteiger partial charge in [-0.05, 0) is 6.92 Å². The summed E-state index contributed by atoms with van der Waals surface area (Å²) in [5.74, 6) is -0.179. The summed E-state index contributed by atoms with van der Waals surface area (Å²) in [6.07, 6.45) is 6.45. The summed E-state index contributed by atoms with van der Waals surface area (Å²) in [4.78, 5) is 15.9. The zero-order valence-corrected chi connectivity index (χ0v) is 10.8. The smallest absolute Gasteiger partial charge is 0.255 e. The van der Waals surface area contributed by atoms with Crippen LogP contribution >= 0.6 is 0 Å². The number of rotatable bonds is 6. The summed E-state index contributed by atoms with van der Waals surface area (Å²) < 4.78 is 6.91. The first-order chi connectivity index (χ1) is 9.18. The van der Waals surface area contributed by atoms with Crippen molar-refractivity contribution in [2.45, 2.75) is 6.92 Å². The number of ether oxygens (including phenoxy) is 1. The number of hydrogen-bond acceptors (Lipinski definition) is 4. The molecule has 2 aromatic heterocycles. The summed E-state index contributed by atoms with van der Waals surface area (Å²) >= 11 is 0. The van der Waals surface area contributed by atoms with Crippen molar-refractivity contribution in [2.75, 3.05) is 19.8 Å². The minimum atomic E-state index is -0.179. The van der Waals surface area contributed by atoms with Gasteiger partial charge in [-0.25, -0.2) is 4.52 Å². The van der Waals surface area contributed by atoms with Crippen molar-refractivity contribution in [1.29, 1.82) is 0 Å². The second-order valence-corrected chi connectivity index (χ2v) is 4.23. The van der Waals surface area contributed by atoms with Crippen LogP contribution in [-0.4, -0.2) is 40.3 Å². The molecule has 1 amide bonds. The van der Waals surface area contributed by atoms with Gasteiger partial charge in [0, 0.05) is 18.9 Å². The molecule has 19 heavy (non-hydrogen) atoms. The average Bonchev–Trinajstić information content (AvgIpc) is 2.81. The van der Waals surface area contributed by atoms with Crippen molar-refractivity contribution in [3.05, 3.63) is 42.5 Å². The molecule has 2 rings (SSSR count). The lowest BCUT2D eigenvalue weighted by molar-refractivity contribution is 0.0928. The first-order valence-corrected chi connectivity index (χ1v) is 5.96. The van der Waals surface area contributed by atoms with Gasteiger partial charge >= 0.3 is 0 Å². The van der Waals surface area contributed by atoms with Crippen molar-refractivity contribution in [2.24, 2.45) is 0 Å². The van der Waals surface area contributed by atoms with Gasteiger partial charge in [-0.15, -0.1) is 0 Å². The lowest BCUT2D eigenvalue weighted by Gasteiger charge is -2.05. The third-order valence-corrected chi connectivity index (χ3v) is 2.45. The summed E-state index contributed by atoms with van der Waals surface area (Å²) in [6.45, 7) is 7.04. The molecular formula is C13H16N4O2. The molecule has 0 radical (unpaired) electrons. The molecule has 0 unspecified atom stereocenters. The summed E-state index contributed by atoms with van der Waals surface area (Å²) in [7, 11) is 0. The van der Waals surface area contributed by atoms with Gasteiger partial charge in [0.15, 0.2) is 0 Å². The molecule has 0 saturated heterocycles. The Morgan fingerprint density at radius 1 is 1.53 bits per heavy atom. The van der Waals surface area contributed by atoms with Crippen molar-refractivity contribution < 1.29 is 9.53 Å². The van der Waals surface area contributed by atoms with Crippen LogP contribution in [-0.2, 0) is 4.74 Å². The van der Waals surface area contributed by atoms with E-state index in [0.717, 1.165) is 5.57 Å². The SMILES string of the molecule is C=C(C)COCCNC(=O)c1cnn2ccncc12. The number of nitrogens with one attached hydrogen (secondary N) is 1. The van der Waals surface area contributed by atoms with Crippen LogP contribution in [0.25, 0.3) is 5.52 Å². The fourth-order valence-corrected chi connectivity index (χ4v) is 1.59. The Hall–Kier alpha value is -2.21. The fourth-order valence-electron chi connectivity index (χ4n) is 1.59. The van der Waals surface area contributed by atoms with Gasteiger partial charge in [0.1, 0.15) is 0 Å². The first-order valence-electron chi connectivity index (χ1n) is 5.96. The van der Waals surface area contributed by atoms with Gasteiger partial charge in [-0.3, -0.25) is 9.78 Å². The monoisotopic (exact) mass is 260 g/mol. The van der Waals surface area contributed by atoms with Crippen molar-refractivity contribution in [3.63, 3.8) is 0 Å². The van der Waals surface area contributed by atoms with Crippen LogP contribution < -0.4 is 5.32 Å². The van der Waals surface area contributed by atoms with Gasteiger partial charge in [-0.1, -0.05) is 12.2 Å². The highest BCUT2D eigenvalue weighted by Gasteiger charge is 2.11. The third-order valence-electron chi connectivity index (χ3n) is 2.45. The van der Waals surface area contributed by atoms with Gasteiger partial charge in [0.2, 0.25) is 0 Å². The highest BCUT2D eigenvalue weighted by Crippen LogP contribution is 2.07. The highest BCUT2D eigenvalue weighted by atomic mass is 16.5. The molecule has 0 aliphatic rings. The quantitative estimate of drug-likeness (QED) is 0.622. The Balaban J connectivity index is 1.88. The number of carbonyl (C=O) groups is 1. The van der Waals surface area contributed by atoms with Crippen LogP contribution in [0.3, 0.4) is 0 Å². The Labute approximate surface area is 111 Å². The van der Waals surface area contributed by atoms with Gasteiger partial charge < -0.3 is 10.1 Å². The molecule has 6 heteroatoms. The van der Waals surface area contributed by atoms with Gasteiger partial charge in [0.05, 0.1) is 36.7 Å². The first kappa shape index (κ1) is 13.2. The minimum absolute atomic E-state index is 0.179. The maximum atomic E-state index is 12.0. The standard InChI is InChI=1S/C13H16N4O2/c1-10(2)9-19-6-4-15-13(18)11-7-16-17-5-3-14-8-12(11)17/h3,5,7-8H,1,4,6,9H2,2H3,(H,15,18). The van der Waals surface area contributed by atoms with Crippen LogP contribution in [0, 0.1) is 0 Å². The lowest BCUT2D eigenvalue weighted by atomic mass is 10.3. The number of hydrogen-bond donors (Lipinski definition) is 1.